The minimum atomic E-state index is -0.445. The van der Waals surface area contributed by atoms with Crippen molar-refractivity contribution in [3.8, 4) is 0 Å². The zero-order valence-electron chi connectivity index (χ0n) is 16.1. The quantitative estimate of drug-likeness (QED) is 0.750. The van der Waals surface area contributed by atoms with Gasteiger partial charge in [0.15, 0.2) is 0 Å². The van der Waals surface area contributed by atoms with E-state index in [-0.39, 0.29) is 11.9 Å². The number of thiazole rings is 1. The maximum Gasteiger partial charge on any atom is 0.263 e. The highest BCUT2D eigenvalue weighted by atomic mass is 32.1. The standard InChI is InChI=1S/C20H27N3O3S/c1-4-5-7-15-14(13(3)26-23-15)10-11-18-21-12(2)19(27-18)20(25)22-16-8-6-9-17(16)24/h10-11,16-17,24H,4-9H2,1-3H3,(H,22,25)/t16-,17-/m0/s1. The molecule has 27 heavy (non-hydrogen) atoms. The average Bonchev–Trinajstić information content (AvgIpc) is 3.31. The Labute approximate surface area is 163 Å². The highest BCUT2D eigenvalue weighted by molar-refractivity contribution is 7.14. The van der Waals surface area contributed by atoms with E-state index in [1.165, 1.54) is 11.3 Å². The predicted octanol–water partition coefficient (Wildman–Crippen LogP) is 3.90. The number of hydrogen-bond donors (Lipinski definition) is 2. The fourth-order valence-electron chi connectivity index (χ4n) is 3.36. The van der Waals surface area contributed by atoms with Crippen molar-refractivity contribution in [1.29, 1.82) is 0 Å². The number of aromatic nitrogens is 2. The average molecular weight is 390 g/mol. The van der Waals surface area contributed by atoms with E-state index in [1.54, 1.807) is 0 Å². The highest BCUT2D eigenvalue weighted by Gasteiger charge is 2.28. The summed E-state index contributed by atoms with van der Waals surface area (Å²) in [6.45, 7) is 5.89. The molecule has 6 nitrogen and oxygen atoms in total. The Morgan fingerprint density at radius 2 is 2.19 bits per heavy atom. The number of unbranched alkanes of at least 4 members (excludes halogenated alkanes) is 1. The Morgan fingerprint density at radius 3 is 2.89 bits per heavy atom. The second kappa shape index (κ2) is 8.80. The zero-order chi connectivity index (χ0) is 19.4. The van der Waals surface area contributed by atoms with Crippen molar-refractivity contribution in [1.82, 2.24) is 15.5 Å². The second-order valence-corrected chi connectivity index (χ2v) is 8.11. The Balaban J connectivity index is 1.72. The molecule has 0 radical (unpaired) electrons. The molecule has 2 aromatic rings. The third kappa shape index (κ3) is 4.65. The first kappa shape index (κ1) is 19.8. The molecule has 7 heteroatoms. The summed E-state index contributed by atoms with van der Waals surface area (Å²) < 4.78 is 5.33. The number of nitrogens with zero attached hydrogens (tertiary/aromatic N) is 2. The number of aryl methyl sites for hydroxylation is 3. The molecule has 146 valence electrons. The number of rotatable bonds is 7. The van der Waals surface area contributed by atoms with E-state index >= 15 is 0 Å². The van der Waals surface area contributed by atoms with E-state index in [4.69, 9.17) is 4.52 Å². The van der Waals surface area contributed by atoms with E-state index in [0.29, 0.717) is 10.6 Å². The molecule has 2 heterocycles. The molecule has 1 fully saturated rings. The molecule has 0 bridgehead atoms. The van der Waals surface area contributed by atoms with Crippen molar-refractivity contribution < 1.29 is 14.4 Å². The van der Waals surface area contributed by atoms with Crippen LogP contribution in [0.4, 0.5) is 0 Å². The molecule has 2 aromatic heterocycles. The van der Waals surface area contributed by atoms with Crippen LogP contribution < -0.4 is 5.32 Å². The number of carbonyl (C=O) groups is 1. The van der Waals surface area contributed by atoms with E-state index in [0.717, 1.165) is 60.6 Å². The minimum absolute atomic E-state index is 0.152. The first-order valence-electron chi connectivity index (χ1n) is 9.59. The first-order chi connectivity index (χ1) is 13.0. The fraction of sp³-hybridized carbons (Fsp3) is 0.550. The lowest BCUT2D eigenvalue weighted by molar-refractivity contribution is 0.0876. The third-order valence-electron chi connectivity index (χ3n) is 4.96. The summed E-state index contributed by atoms with van der Waals surface area (Å²) in [6, 6.07) is -0.154. The number of aliphatic hydroxyl groups is 1. The molecule has 0 aliphatic heterocycles. The van der Waals surface area contributed by atoms with Gasteiger partial charge in [0.2, 0.25) is 0 Å². The van der Waals surface area contributed by atoms with Crippen LogP contribution in [0.3, 0.4) is 0 Å². The van der Waals surface area contributed by atoms with Crippen LogP contribution >= 0.6 is 11.3 Å². The van der Waals surface area contributed by atoms with Crippen molar-refractivity contribution in [3.63, 3.8) is 0 Å². The Hall–Kier alpha value is -1.99. The predicted molar refractivity (Wildman–Crippen MR) is 107 cm³/mol. The molecule has 1 aliphatic carbocycles. The Morgan fingerprint density at radius 1 is 1.37 bits per heavy atom. The van der Waals surface area contributed by atoms with Crippen molar-refractivity contribution in [2.24, 2.45) is 0 Å². The summed E-state index contributed by atoms with van der Waals surface area (Å²) in [5.41, 5.74) is 2.67. The lowest BCUT2D eigenvalue weighted by atomic mass is 10.1. The molecular formula is C20H27N3O3S. The van der Waals surface area contributed by atoms with Crippen LogP contribution in [-0.4, -0.2) is 33.3 Å². The molecule has 1 amide bonds. The van der Waals surface area contributed by atoms with Gasteiger partial charge in [-0.15, -0.1) is 11.3 Å². The molecule has 2 atom stereocenters. The summed E-state index contributed by atoms with van der Waals surface area (Å²) in [7, 11) is 0. The zero-order valence-corrected chi connectivity index (χ0v) is 16.9. The van der Waals surface area contributed by atoms with Gasteiger partial charge in [-0.1, -0.05) is 18.5 Å². The third-order valence-corrected chi connectivity index (χ3v) is 6.08. The monoisotopic (exact) mass is 389 g/mol. The highest BCUT2D eigenvalue weighted by Crippen LogP contribution is 2.24. The smallest absolute Gasteiger partial charge is 0.263 e. The van der Waals surface area contributed by atoms with Gasteiger partial charge in [0.25, 0.3) is 5.91 Å². The molecule has 0 unspecified atom stereocenters. The van der Waals surface area contributed by atoms with Crippen molar-refractivity contribution in [2.75, 3.05) is 0 Å². The molecule has 0 spiro atoms. The number of amides is 1. The van der Waals surface area contributed by atoms with Crippen LogP contribution in [0.25, 0.3) is 12.2 Å². The molecule has 2 N–H and O–H groups in total. The number of aliphatic hydroxyl groups excluding tert-OH is 1. The summed E-state index contributed by atoms with van der Waals surface area (Å²) in [5.74, 6) is 0.638. The SMILES string of the molecule is CCCCc1noc(C)c1C=Cc1nc(C)c(C(=O)N[C@H]2CCC[C@@H]2O)s1. The summed E-state index contributed by atoms with van der Waals surface area (Å²) in [4.78, 5) is 17.6. The van der Waals surface area contributed by atoms with Gasteiger partial charge in [-0.3, -0.25) is 4.79 Å². The molecule has 3 rings (SSSR count). The molecule has 1 saturated carbocycles. The molecule has 1 aliphatic rings. The summed E-state index contributed by atoms with van der Waals surface area (Å²) in [6.07, 6.45) is 9.02. The van der Waals surface area contributed by atoms with Crippen molar-refractivity contribution in [2.45, 2.75) is 71.4 Å². The minimum Gasteiger partial charge on any atom is -0.391 e. The van der Waals surface area contributed by atoms with Gasteiger partial charge in [0, 0.05) is 5.56 Å². The van der Waals surface area contributed by atoms with Gasteiger partial charge in [-0.05, 0) is 58.1 Å². The van der Waals surface area contributed by atoms with Gasteiger partial charge >= 0.3 is 0 Å². The molecule has 0 aromatic carbocycles. The van der Waals surface area contributed by atoms with Crippen molar-refractivity contribution in [3.05, 3.63) is 32.6 Å². The van der Waals surface area contributed by atoms with Crippen LogP contribution in [0.1, 0.15) is 76.4 Å². The van der Waals surface area contributed by atoms with Crippen LogP contribution in [0.2, 0.25) is 0 Å². The number of carbonyl (C=O) groups excluding carboxylic acids is 1. The van der Waals surface area contributed by atoms with E-state index < -0.39 is 6.10 Å². The lowest BCUT2D eigenvalue weighted by Crippen LogP contribution is -2.39. The Bertz CT molecular complexity index is 825. The summed E-state index contributed by atoms with van der Waals surface area (Å²) in [5, 5.41) is 17.8. The van der Waals surface area contributed by atoms with E-state index in [2.05, 4.69) is 22.4 Å². The van der Waals surface area contributed by atoms with E-state index in [9.17, 15) is 9.90 Å². The second-order valence-electron chi connectivity index (χ2n) is 7.08. The van der Waals surface area contributed by atoms with Gasteiger partial charge in [0.1, 0.15) is 15.6 Å². The number of nitrogens with one attached hydrogen (secondary N) is 1. The van der Waals surface area contributed by atoms with Crippen LogP contribution in [0, 0.1) is 13.8 Å². The fourth-order valence-corrected chi connectivity index (χ4v) is 4.23. The normalized spacial score (nSPS) is 19.9. The maximum absolute atomic E-state index is 12.5. The van der Waals surface area contributed by atoms with Crippen molar-refractivity contribution >= 4 is 29.4 Å². The van der Waals surface area contributed by atoms with Crippen LogP contribution in [0.15, 0.2) is 4.52 Å². The van der Waals surface area contributed by atoms with E-state index in [1.807, 2.05) is 26.0 Å². The van der Waals surface area contributed by atoms with Gasteiger partial charge in [0.05, 0.1) is 23.5 Å². The first-order valence-corrected chi connectivity index (χ1v) is 10.4. The van der Waals surface area contributed by atoms with Gasteiger partial charge in [-0.2, -0.15) is 0 Å². The lowest BCUT2D eigenvalue weighted by Gasteiger charge is -2.15. The molecular weight excluding hydrogens is 362 g/mol. The Kier molecular flexibility index (Phi) is 6.44. The summed E-state index contributed by atoms with van der Waals surface area (Å²) >= 11 is 1.36. The van der Waals surface area contributed by atoms with Crippen LogP contribution in [-0.2, 0) is 6.42 Å². The maximum atomic E-state index is 12.5. The van der Waals surface area contributed by atoms with Gasteiger partial charge < -0.3 is 14.9 Å². The topological polar surface area (TPSA) is 88.2 Å². The largest absolute Gasteiger partial charge is 0.391 e. The molecule has 0 saturated heterocycles. The van der Waals surface area contributed by atoms with Crippen LogP contribution in [0.5, 0.6) is 0 Å². The number of hydrogen-bond acceptors (Lipinski definition) is 6. The van der Waals surface area contributed by atoms with Gasteiger partial charge in [-0.25, -0.2) is 4.98 Å².